The lowest BCUT2D eigenvalue weighted by atomic mass is 10.2. The van der Waals surface area contributed by atoms with Crippen LogP contribution in [0.4, 0.5) is 5.69 Å². The summed E-state index contributed by atoms with van der Waals surface area (Å²) in [5.41, 5.74) is 2.80. The van der Waals surface area contributed by atoms with Crippen molar-refractivity contribution in [3.05, 3.63) is 54.1 Å². The SMILES string of the molecule is C[N+](C)(C)CCN1Cc2ccccc2Sc2ccccc21. The molecule has 0 aromatic heterocycles. The maximum Gasteiger partial charge on any atom is 0.0958 e. The van der Waals surface area contributed by atoms with Gasteiger partial charge in [-0.15, -0.1) is 0 Å². The van der Waals surface area contributed by atoms with Crippen LogP contribution in [0.5, 0.6) is 0 Å². The molecule has 0 spiro atoms. The average Bonchev–Trinajstić information content (AvgIpc) is 2.60. The summed E-state index contributed by atoms with van der Waals surface area (Å²) in [6.07, 6.45) is 0. The Hall–Kier alpha value is -1.45. The molecule has 2 aromatic carbocycles. The van der Waals surface area contributed by atoms with Crippen molar-refractivity contribution in [2.24, 2.45) is 0 Å². The Morgan fingerprint density at radius 1 is 0.952 bits per heavy atom. The number of quaternary nitrogens is 1. The number of hydrogen-bond donors (Lipinski definition) is 0. The van der Waals surface area contributed by atoms with Crippen molar-refractivity contribution < 1.29 is 4.48 Å². The van der Waals surface area contributed by atoms with E-state index in [1.165, 1.54) is 21.0 Å². The number of likely N-dealkylation sites (N-methyl/N-ethyl adjacent to an activating group) is 1. The normalized spacial score (nSPS) is 14.3. The predicted octanol–water partition coefficient (Wildman–Crippen LogP) is 3.86. The van der Waals surface area contributed by atoms with Gasteiger partial charge in [0, 0.05) is 16.3 Å². The number of benzene rings is 2. The van der Waals surface area contributed by atoms with Crippen molar-refractivity contribution in [1.82, 2.24) is 0 Å². The number of anilines is 1. The Balaban J connectivity index is 1.95. The van der Waals surface area contributed by atoms with Gasteiger partial charge in [0.25, 0.3) is 0 Å². The Bertz CT molecular complexity index is 631. The van der Waals surface area contributed by atoms with Crippen LogP contribution < -0.4 is 4.90 Å². The Labute approximate surface area is 132 Å². The summed E-state index contributed by atoms with van der Waals surface area (Å²) in [6.45, 7) is 3.22. The third-order valence-electron chi connectivity index (χ3n) is 3.80. The second kappa shape index (κ2) is 5.74. The molecule has 0 amide bonds. The van der Waals surface area contributed by atoms with Gasteiger partial charge in [0.1, 0.15) is 0 Å². The average molecular weight is 299 g/mol. The lowest BCUT2D eigenvalue weighted by Gasteiger charge is -2.30. The zero-order valence-corrected chi connectivity index (χ0v) is 13.9. The molecule has 0 bridgehead atoms. The Morgan fingerprint density at radius 2 is 1.62 bits per heavy atom. The molecule has 0 aliphatic carbocycles. The first kappa shape index (κ1) is 14.5. The van der Waals surface area contributed by atoms with Crippen LogP contribution in [0.15, 0.2) is 58.3 Å². The molecule has 1 heterocycles. The fourth-order valence-corrected chi connectivity index (χ4v) is 3.66. The van der Waals surface area contributed by atoms with Gasteiger partial charge in [0.05, 0.1) is 39.9 Å². The fraction of sp³-hybridized carbons (Fsp3) is 0.333. The molecule has 2 nitrogen and oxygen atoms in total. The minimum Gasteiger partial charge on any atom is -0.361 e. The molecule has 0 saturated heterocycles. The van der Waals surface area contributed by atoms with E-state index in [9.17, 15) is 0 Å². The van der Waals surface area contributed by atoms with Crippen molar-refractivity contribution in [2.75, 3.05) is 39.1 Å². The third-order valence-corrected chi connectivity index (χ3v) is 4.98. The van der Waals surface area contributed by atoms with E-state index < -0.39 is 0 Å². The molecule has 0 fully saturated rings. The van der Waals surface area contributed by atoms with E-state index in [0.29, 0.717) is 0 Å². The van der Waals surface area contributed by atoms with Gasteiger partial charge in [-0.2, -0.15) is 0 Å². The molecular weight excluding hydrogens is 276 g/mol. The number of nitrogens with zero attached hydrogens (tertiary/aromatic N) is 2. The second-order valence-electron chi connectivity index (χ2n) is 6.61. The van der Waals surface area contributed by atoms with E-state index in [4.69, 9.17) is 0 Å². The molecule has 1 aliphatic heterocycles. The summed E-state index contributed by atoms with van der Waals surface area (Å²) in [6, 6.07) is 17.5. The molecule has 0 unspecified atom stereocenters. The molecule has 110 valence electrons. The van der Waals surface area contributed by atoms with Gasteiger partial charge in [-0.3, -0.25) is 0 Å². The monoisotopic (exact) mass is 299 g/mol. The molecule has 0 N–H and O–H groups in total. The zero-order valence-electron chi connectivity index (χ0n) is 13.0. The summed E-state index contributed by atoms with van der Waals surface area (Å²) in [7, 11) is 6.77. The van der Waals surface area contributed by atoms with Crippen LogP contribution >= 0.6 is 11.8 Å². The fourth-order valence-electron chi connectivity index (χ4n) is 2.57. The van der Waals surface area contributed by atoms with Gasteiger partial charge in [0.15, 0.2) is 0 Å². The third kappa shape index (κ3) is 3.42. The van der Waals surface area contributed by atoms with Crippen LogP contribution in [0.3, 0.4) is 0 Å². The lowest BCUT2D eigenvalue weighted by molar-refractivity contribution is -0.868. The molecule has 0 atom stereocenters. The highest BCUT2D eigenvalue weighted by Crippen LogP contribution is 2.40. The summed E-state index contributed by atoms with van der Waals surface area (Å²) in [5, 5.41) is 0. The van der Waals surface area contributed by atoms with Crippen LogP contribution in [0.25, 0.3) is 0 Å². The van der Waals surface area contributed by atoms with Crippen molar-refractivity contribution >= 4 is 17.4 Å². The first-order valence-corrected chi connectivity index (χ1v) is 8.25. The van der Waals surface area contributed by atoms with Gasteiger partial charge in [-0.25, -0.2) is 0 Å². The first-order valence-electron chi connectivity index (χ1n) is 7.43. The van der Waals surface area contributed by atoms with Crippen molar-refractivity contribution in [2.45, 2.75) is 16.3 Å². The molecule has 3 rings (SSSR count). The van der Waals surface area contributed by atoms with Crippen LogP contribution in [0.2, 0.25) is 0 Å². The van der Waals surface area contributed by atoms with E-state index >= 15 is 0 Å². The summed E-state index contributed by atoms with van der Waals surface area (Å²) in [5.74, 6) is 0. The van der Waals surface area contributed by atoms with Crippen LogP contribution in [0.1, 0.15) is 5.56 Å². The number of para-hydroxylation sites is 1. The largest absolute Gasteiger partial charge is 0.361 e. The van der Waals surface area contributed by atoms with Gasteiger partial charge in [-0.1, -0.05) is 42.1 Å². The first-order chi connectivity index (χ1) is 10.0. The number of hydrogen-bond acceptors (Lipinski definition) is 2. The lowest BCUT2D eigenvalue weighted by Crippen LogP contribution is -2.42. The summed E-state index contributed by atoms with van der Waals surface area (Å²) in [4.78, 5) is 5.28. The van der Waals surface area contributed by atoms with Gasteiger partial charge < -0.3 is 9.38 Å². The number of rotatable bonds is 3. The van der Waals surface area contributed by atoms with E-state index in [2.05, 4.69) is 74.6 Å². The number of fused-ring (bicyclic) bond motifs is 2. The molecular formula is C18H23N2S+. The van der Waals surface area contributed by atoms with Crippen molar-refractivity contribution in [3.8, 4) is 0 Å². The van der Waals surface area contributed by atoms with Crippen molar-refractivity contribution in [3.63, 3.8) is 0 Å². The van der Waals surface area contributed by atoms with Crippen LogP contribution in [-0.2, 0) is 6.54 Å². The highest BCUT2D eigenvalue weighted by Gasteiger charge is 2.20. The minimum atomic E-state index is 0.994. The molecule has 0 saturated carbocycles. The Kier molecular flexibility index (Phi) is 3.96. The van der Waals surface area contributed by atoms with Gasteiger partial charge in [0.2, 0.25) is 0 Å². The maximum absolute atomic E-state index is 2.53. The van der Waals surface area contributed by atoms with Crippen LogP contribution in [0, 0.1) is 0 Å². The Morgan fingerprint density at radius 3 is 2.38 bits per heavy atom. The highest BCUT2D eigenvalue weighted by molar-refractivity contribution is 7.99. The topological polar surface area (TPSA) is 3.24 Å². The molecule has 0 radical (unpaired) electrons. The molecule has 1 aliphatic rings. The zero-order chi connectivity index (χ0) is 14.9. The maximum atomic E-state index is 2.53. The van der Waals surface area contributed by atoms with Crippen molar-refractivity contribution in [1.29, 1.82) is 0 Å². The molecule has 21 heavy (non-hydrogen) atoms. The standard InChI is InChI=1S/C18H23N2S/c1-20(2,3)13-12-19-14-15-8-4-6-10-17(15)21-18-11-7-5-9-16(18)19/h4-11H,12-14H2,1-3H3/q+1. The van der Waals surface area contributed by atoms with E-state index in [0.717, 1.165) is 24.1 Å². The molecule has 2 aromatic rings. The van der Waals surface area contributed by atoms with Gasteiger partial charge >= 0.3 is 0 Å². The van der Waals surface area contributed by atoms with E-state index in [1.807, 2.05) is 11.8 Å². The minimum absolute atomic E-state index is 0.994. The second-order valence-corrected chi connectivity index (χ2v) is 7.70. The summed E-state index contributed by atoms with van der Waals surface area (Å²) < 4.78 is 0.994. The van der Waals surface area contributed by atoms with Crippen LogP contribution in [-0.4, -0.2) is 38.7 Å². The van der Waals surface area contributed by atoms with E-state index in [-0.39, 0.29) is 0 Å². The van der Waals surface area contributed by atoms with Gasteiger partial charge in [-0.05, 0) is 23.8 Å². The quantitative estimate of drug-likeness (QED) is 0.792. The molecule has 3 heteroatoms. The predicted molar refractivity (Wildman–Crippen MR) is 91.0 cm³/mol. The highest BCUT2D eigenvalue weighted by atomic mass is 32.2. The van der Waals surface area contributed by atoms with E-state index in [1.54, 1.807) is 0 Å². The smallest absolute Gasteiger partial charge is 0.0958 e. The summed E-state index contributed by atoms with van der Waals surface area (Å²) >= 11 is 1.89.